The predicted octanol–water partition coefficient (Wildman–Crippen LogP) is 2.69. The molecular weight excluding hydrogens is 358 g/mol. The largest absolute Gasteiger partial charge is 0.454 e. The van der Waals surface area contributed by atoms with Crippen molar-refractivity contribution in [1.82, 2.24) is 10.7 Å². The molecule has 3 rings (SSSR count). The number of hydrazone groups is 1. The van der Waals surface area contributed by atoms with Crippen LogP contribution >= 0.6 is 0 Å². The van der Waals surface area contributed by atoms with Crippen LogP contribution in [0.4, 0.5) is 0 Å². The van der Waals surface area contributed by atoms with Crippen molar-refractivity contribution in [2.45, 2.75) is 84.6 Å². The molecule has 2 unspecified atom stereocenters. The Morgan fingerprint density at radius 3 is 2.32 bits per heavy atom. The Bertz CT molecular complexity index is 694. The van der Waals surface area contributed by atoms with Gasteiger partial charge in [0.1, 0.15) is 5.54 Å². The maximum atomic E-state index is 12.6. The van der Waals surface area contributed by atoms with Crippen molar-refractivity contribution < 1.29 is 19.1 Å². The van der Waals surface area contributed by atoms with Gasteiger partial charge < -0.3 is 10.1 Å². The molecular formula is C21H33N3O4. The molecule has 7 heteroatoms. The molecule has 28 heavy (non-hydrogen) atoms. The summed E-state index contributed by atoms with van der Waals surface area (Å²) in [4.78, 5) is 36.3. The minimum absolute atomic E-state index is 0.0131. The lowest BCUT2D eigenvalue weighted by molar-refractivity contribution is -0.158. The smallest absolute Gasteiger partial charge is 0.332 e. The number of amides is 2. The summed E-state index contributed by atoms with van der Waals surface area (Å²) in [6, 6.07) is 0. The zero-order valence-electron chi connectivity index (χ0n) is 17.5. The van der Waals surface area contributed by atoms with E-state index in [9.17, 15) is 14.4 Å². The molecule has 0 aliphatic heterocycles. The SMILES string of the molecule is CC(=O)NC1(C(=O)OCC(=O)N/N=C2\CC3CCC2(C)C3(C)C)CCCCC1. The van der Waals surface area contributed by atoms with Gasteiger partial charge in [0.15, 0.2) is 6.61 Å². The average molecular weight is 392 g/mol. The number of esters is 1. The van der Waals surface area contributed by atoms with Gasteiger partial charge >= 0.3 is 5.97 Å². The lowest BCUT2D eigenvalue weighted by Crippen LogP contribution is -2.56. The maximum Gasteiger partial charge on any atom is 0.332 e. The molecule has 0 heterocycles. The number of carbonyl (C=O) groups excluding carboxylic acids is 3. The maximum absolute atomic E-state index is 12.6. The number of nitrogens with zero attached hydrogens (tertiary/aromatic N) is 1. The molecule has 2 bridgehead atoms. The fourth-order valence-electron chi connectivity index (χ4n) is 5.40. The number of nitrogens with one attached hydrogen (secondary N) is 2. The van der Waals surface area contributed by atoms with Gasteiger partial charge in [-0.05, 0) is 43.4 Å². The van der Waals surface area contributed by atoms with Crippen LogP contribution in [0.25, 0.3) is 0 Å². The van der Waals surface area contributed by atoms with Gasteiger partial charge in [0.05, 0.1) is 0 Å². The topological polar surface area (TPSA) is 96.9 Å². The highest BCUT2D eigenvalue weighted by molar-refractivity contribution is 5.95. The van der Waals surface area contributed by atoms with E-state index in [1.807, 2.05) is 0 Å². The van der Waals surface area contributed by atoms with Crippen LogP contribution in [0.5, 0.6) is 0 Å². The molecule has 156 valence electrons. The van der Waals surface area contributed by atoms with Crippen molar-refractivity contribution in [3.63, 3.8) is 0 Å². The molecule has 3 aliphatic carbocycles. The highest BCUT2D eigenvalue weighted by Crippen LogP contribution is 2.63. The number of carbonyl (C=O) groups is 3. The minimum Gasteiger partial charge on any atom is -0.454 e. The molecule has 0 saturated heterocycles. The van der Waals surface area contributed by atoms with Crippen LogP contribution in [0.1, 0.15) is 79.1 Å². The summed E-state index contributed by atoms with van der Waals surface area (Å²) in [5.74, 6) is -0.631. The first-order valence-electron chi connectivity index (χ1n) is 10.4. The van der Waals surface area contributed by atoms with Crippen LogP contribution in [-0.2, 0) is 19.1 Å². The summed E-state index contributed by atoms with van der Waals surface area (Å²) in [5.41, 5.74) is 2.81. The van der Waals surface area contributed by atoms with E-state index in [1.54, 1.807) is 0 Å². The summed E-state index contributed by atoms with van der Waals surface area (Å²) in [6.07, 6.45) is 7.04. The Balaban J connectivity index is 1.56. The second kappa shape index (κ2) is 7.48. The van der Waals surface area contributed by atoms with Crippen molar-refractivity contribution in [3.8, 4) is 0 Å². The molecule has 0 aromatic carbocycles. The third-order valence-electron chi connectivity index (χ3n) is 7.68. The van der Waals surface area contributed by atoms with Crippen LogP contribution in [0.15, 0.2) is 5.10 Å². The molecule has 2 amide bonds. The zero-order chi connectivity index (χ0) is 20.6. The van der Waals surface area contributed by atoms with Crippen LogP contribution in [0.3, 0.4) is 0 Å². The van der Waals surface area contributed by atoms with Gasteiger partial charge in [-0.25, -0.2) is 10.2 Å². The van der Waals surface area contributed by atoms with E-state index in [4.69, 9.17) is 4.74 Å². The first-order chi connectivity index (χ1) is 13.1. The standard InChI is InChI=1S/C21H33N3O4/c1-14(25)22-21(9-6-5-7-10-21)18(27)28-13-17(26)24-23-16-12-15-8-11-20(16,4)19(15,2)3/h15H,5-13H2,1-4H3,(H,22,25)(H,24,26)/b23-16+. The Morgan fingerprint density at radius 1 is 1.11 bits per heavy atom. The van der Waals surface area contributed by atoms with Crippen molar-refractivity contribution >= 4 is 23.5 Å². The van der Waals surface area contributed by atoms with Gasteiger partial charge in [-0.15, -0.1) is 0 Å². The van der Waals surface area contributed by atoms with E-state index in [-0.39, 0.29) is 23.3 Å². The van der Waals surface area contributed by atoms with E-state index < -0.39 is 17.4 Å². The second-order valence-electron chi connectivity index (χ2n) is 9.49. The van der Waals surface area contributed by atoms with E-state index in [1.165, 1.54) is 13.3 Å². The summed E-state index contributed by atoms with van der Waals surface area (Å²) in [6.45, 7) is 7.79. The van der Waals surface area contributed by atoms with Gasteiger partial charge in [-0.1, -0.05) is 40.0 Å². The van der Waals surface area contributed by atoms with Gasteiger partial charge in [-0.2, -0.15) is 5.10 Å². The normalized spacial score (nSPS) is 31.4. The summed E-state index contributed by atoms with van der Waals surface area (Å²) in [5, 5.41) is 7.14. The van der Waals surface area contributed by atoms with Gasteiger partial charge in [-0.3, -0.25) is 9.59 Å². The lowest BCUT2D eigenvalue weighted by atomic mass is 9.70. The van der Waals surface area contributed by atoms with E-state index >= 15 is 0 Å². The number of hydrogen-bond donors (Lipinski definition) is 2. The van der Waals surface area contributed by atoms with Crippen LogP contribution in [-0.4, -0.2) is 35.6 Å². The van der Waals surface area contributed by atoms with Crippen LogP contribution in [0.2, 0.25) is 0 Å². The Hall–Kier alpha value is -1.92. The van der Waals surface area contributed by atoms with E-state index in [0.29, 0.717) is 18.8 Å². The molecule has 2 atom stereocenters. The highest BCUT2D eigenvalue weighted by Gasteiger charge is 2.60. The van der Waals surface area contributed by atoms with Crippen molar-refractivity contribution in [2.24, 2.45) is 21.8 Å². The van der Waals surface area contributed by atoms with Crippen LogP contribution < -0.4 is 10.7 Å². The van der Waals surface area contributed by atoms with Gasteiger partial charge in [0.25, 0.3) is 5.91 Å². The minimum atomic E-state index is -1.00. The molecule has 0 aromatic heterocycles. The lowest BCUT2D eigenvalue weighted by Gasteiger charge is -2.35. The average Bonchev–Trinajstić information content (AvgIpc) is 2.97. The van der Waals surface area contributed by atoms with Gasteiger partial charge in [0, 0.05) is 18.1 Å². The Labute approximate surface area is 167 Å². The first kappa shape index (κ1) is 20.8. The third kappa shape index (κ3) is 3.55. The Kier molecular flexibility index (Phi) is 5.56. The summed E-state index contributed by atoms with van der Waals surface area (Å²) < 4.78 is 5.26. The van der Waals surface area contributed by atoms with Crippen molar-refractivity contribution in [1.29, 1.82) is 0 Å². The van der Waals surface area contributed by atoms with Crippen molar-refractivity contribution in [3.05, 3.63) is 0 Å². The molecule has 3 fully saturated rings. The third-order valence-corrected chi connectivity index (χ3v) is 7.68. The number of fused-ring (bicyclic) bond motifs is 2. The summed E-state index contributed by atoms with van der Waals surface area (Å²) >= 11 is 0. The molecule has 0 radical (unpaired) electrons. The first-order valence-corrected chi connectivity index (χ1v) is 10.4. The summed E-state index contributed by atoms with van der Waals surface area (Å²) in [7, 11) is 0. The fraction of sp³-hybridized carbons (Fsp3) is 0.810. The number of hydrogen-bond acceptors (Lipinski definition) is 5. The number of ether oxygens (including phenoxy) is 1. The van der Waals surface area contributed by atoms with Crippen LogP contribution in [0, 0.1) is 16.7 Å². The predicted molar refractivity (Wildman–Crippen MR) is 105 cm³/mol. The Morgan fingerprint density at radius 2 is 1.79 bits per heavy atom. The molecule has 7 nitrogen and oxygen atoms in total. The van der Waals surface area contributed by atoms with E-state index in [2.05, 4.69) is 36.6 Å². The molecule has 0 spiro atoms. The fourth-order valence-corrected chi connectivity index (χ4v) is 5.40. The zero-order valence-corrected chi connectivity index (χ0v) is 17.5. The molecule has 0 aromatic rings. The highest BCUT2D eigenvalue weighted by atomic mass is 16.5. The van der Waals surface area contributed by atoms with E-state index in [0.717, 1.165) is 37.8 Å². The molecule has 3 aliphatic rings. The second-order valence-corrected chi connectivity index (χ2v) is 9.49. The molecule has 3 saturated carbocycles. The quantitative estimate of drug-likeness (QED) is 0.556. The van der Waals surface area contributed by atoms with Gasteiger partial charge in [0.2, 0.25) is 5.91 Å². The number of rotatable bonds is 5. The van der Waals surface area contributed by atoms with Crippen molar-refractivity contribution in [2.75, 3.05) is 6.61 Å². The monoisotopic (exact) mass is 391 g/mol. The molecule has 2 N–H and O–H groups in total.